The molecule has 1 heterocycles. The molecular formula is C15H19N3O2. The Kier molecular flexibility index (Phi) is 4.50. The van der Waals surface area contributed by atoms with Gasteiger partial charge in [0.2, 0.25) is 0 Å². The molecular weight excluding hydrogens is 254 g/mol. The first-order chi connectivity index (χ1) is 9.65. The van der Waals surface area contributed by atoms with Crippen LogP contribution < -0.4 is 9.47 Å². The number of aryl methyl sites for hydroxylation is 2. The second-order valence-electron chi connectivity index (χ2n) is 4.36. The van der Waals surface area contributed by atoms with Crippen LogP contribution in [-0.4, -0.2) is 28.2 Å². The highest BCUT2D eigenvalue weighted by atomic mass is 16.5. The van der Waals surface area contributed by atoms with E-state index in [-0.39, 0.29) is 0 Å². The first kappa shape index (κ1) is 14.2. The second kappa shape index (κ2) is 6.32. The lowest BCUT2D eigenvalue weighted by Crippen LogP contribution is -2.06. The van der Waals surface area contributed by atoms with Crippen molar-refractivity contribution >= 4 is 0 Å². The van der Waals surface area contributed by atoms with Crippen molar-refractivity contribution in [1.82, 2.24) is 15.0 Å². The van der Waals surface area contributed by atoms with Gasteiger partial charge in [-0.2, -0.15) is 9.97 Å². The van der Waals surface area contributed by atoms with Crippen molar-refractivity contribution < 1.29 is 9.47 Å². The quantitative estimate of drug-likeness (QED) is 0.838. The summed E-state index contributed by atoms with van der Waals surface area (Å²) in [5, 5.41) is 0. The van der Waals surface area contributed by atoms with Gasteiger partial charge < -0.3 is 9.47 Å². The van der Waals surface area contributed by atoms with Crippen LogP contribution in [0.15, 0.2) is 18.2 Å². The van der Waals surface area contributed by atoms with E-state index in [2.05, 4.69) is 15.0 Å². The maximum Gasteiger partial charge on any atom is 0.323 e. The van der Waals surface area contributed by atoms with Crippen LogP contribution in [0.5, 0.6) is 12.0 Å². The van der Waals surface area contributed by atoms with Gasteiger partial charge in [-0.25, -0.2) is 0 Å². The third kappa shape index (κ3) is 3.04. The Bertz CT molecular complexity index is 555. The molecule has 0 bridgehead atoms. The molecule has 0 radical (unpaired) electrons. The fourth-order valence-electron chi connectivity index (χ4n) is 2.00. The number of aromatic nitrogens is 3. The maximum atomic E-state index is 5.39. The average molecular weight is 273 g/mol. The van der Waals surface area contributed by atoms with Crippen LogP contribution in [0.1, 0.15) is 25.0 Å². The predicted octanol–water partition coefficient (Wildman–Crippen LogP) is 2.95. The highest BCUT2D eigenvalue weighted by Gasteiger charge is 2.13. The Labute approximate surface area is 119 Å². The van der Waals surface area contributed by atoms with Crippen LogP contribution in [0.2, 0.25) is 0 Å². The molecule has 0 aliphatic heterocycles. The predicted molar refractivity (Wildman–Crippen MR) is 77.1 cm³/mol. The molecule has 5 nitrogen and oxygen atoms in total. The normalized spacial score (nSPS) is 10.4. The van der Waals surface area contributed by atoms with E-state index in [1.807, 2.05) is 45.9 Å². The van der Waals surface area contributed by atoms with E-state index in [1.165, 1.54) is 0 Å². The monoisotopic (exact) mass is 273 g/mol. The summed E-state index contributed by atoms with van der Waals surface area (Å²) in [6, 6.07) is 6.68. The molecule has 0 unspecified atom stereocenters. The molecule has 5 heteroatoms. The highest BCUT2D eigenvalue weighted by Crippen LogP contribution is 2.26. The molecule has 106 valence electrons. The summed E-state index contributed by atoms with van der Waals surface area (Å²) in [5.74, 6) is 0.586. The summed E-state index contributed by atoms with van der Waals surface area (Å²) in [5.41, 5.74) is 3.22. The number of ether oxygens (including phenoxy) is 2. The van der Waals surface area contributed by atoms with Gasteiger partial charge in [0, 0.05) is 5.56 Å². The Balaban J connectivity index is 2.54. The standard InChI is InChI=1S/C15H19N3O2/c1-5-19-14-16-13(17-15(18-14)20-6-2)12-10(3)8-7-9-11(12)4/h7-9H,5-6H2,1-4H3. The fourth-order valence-corrected chi connectivity index (χ4v) is 2.00. The number of benzene rings is 1. The molecule has 0 amide bonds. The summed E-state index contributed by atoms with van der Waals surface area (Å²) in [4.78, 5) is 12.9. The van der Waals surface area contributed by atoms with Gasteiger partial charge in [-0.15, -0.1) is 4.98 Å². The molecule has 2 rings (SSSR count). The molecule has 1 aromatic heterocycles. The van der Waals surface area contributed by atoms with Crippen LogP contribution in [-0.2, 0) is 0 Å². The topological polar surface area (TPSA) is 57.1 Å². The van der Waals surface area contributed by atoms with Crippen LogP contribution in [0, 0.1) is 13.8 Å². The van der Waals surface area contributed by atoms with Crippen molar-refractivity contribution in [1.29, 1.82) is 0 Å². The number of rotatable bonds is 5. The van der Waals surface area contributed by atoms with Crippen molar-refractivity contribution in [3.8, 4) is 23.4 Å². The smallest absolute Gasteiger partial charge is 0.323 e. The van der Waals surface area contributed by atoms with Crippen molar-refractivity contribution in [3.63, 3.8) is 0 Å². The minimum absolute atomic E-state index is 0.295. The Morgan fingerprint density at radius 1 is 0.850 bits per heavy atom. The first-order valence-electron chi connectivity index (χ1n) is 6.74. The van der Waals surface area contributed by atoms with Gasteiger partial charge in [0.1, 0.15) is 0 Å². The van der Waals surface area contributed by atoms with Gasteiger partial charge in [0.15, 0.2) is 5.82 Å². The summed E-state index contributed by atoms with van der Waals surface area (Å²) in [7, 11) is 0. The molecule has 0 aliphatic carbocycles. The third-order valence-corrected chi connectivity index (χ3v) is 2.85. The van der Waals surface area contributed by atoms with Crippen LogP contribution in [0.3, 0.4) is 0 Å². The van der Waals surface area contributed by atoms with Gasteiger partial charge in [0.05, 0.1) is 13.2 Å². The number of hydrogen-bond acceptors (Lipinski definition) is 5. The molecule has 0 spiro atoms. The van der Waals surface area contributed by atoms with Gasteiger partial charge in [-0.3, -0.25) is 0 Å². The van der Waals surface area contributed by atoms with E-state index in [0.717, 1.165) is 16.7 Å². The van der Waals surface area contributed by atoms with Crippen LogP contribution >= 0.6 is 0 Å². The van der Waals surface area contributed by atoms with Crippen LogP contribution in [0.25, 0.3) is 11.4 Å². The SMILES string of the molecule is CCOc1nc(OCC)nc(-c2c(C)cccc2C)n1. The Hall–Kier alpha value is -2.17. The molecule has 0 atom stereocenters. The van der Waals surface area contributed by atoms with Crippen molar-refractivity contribution in [2.24, 2.45) is 0 Å². The summed E-state index contributed by atoms with van der Waals surface area (Å²) in [6.07, 6.45) is 0. The van der Waals surface area contributed by atoms with E-state index in [4.69, 9.17) is 9.47 Å². The summed E-state index contributed by atoms with van der Waals surface area (Å²) in [6.45, 7) is 8.86. The lowest BCUT2D eigenvalue weighted by atomic mass is 10.0. The number of nitrogens with zero attached hydrogens (tertiary/aromatic N) is 3. The minimum atomic E-state index is 0.295. The van der Waals surface area contributed by atoms with E-state index in [0.29, 0.717) is 31.1 Å². The molecule has 20 heavy (non-hydrogen) atoms. The lowest BCUT2D eigenvalue weighted by Gasteiger charge is -2.11. The minimum Gasteiger partial charge on any atom is -0.464 e. The van der Waals surface area contributed by atoms with Gasteiger partial charge >= 0.3 is 12.0 Å². The van der Waals surface area contributed by atoms with Crippen LogP contribution in [0.4, 0.5) is 0 Å². The zero-order chi connectivity index (χ0) is 14.5. The fraction of sp³-hybridized carbons (Fsp3) is 0.400. The van der Waals surface area contributed by atoms with E-state index in [1.54, 1.807) is 0 Å². The molecule has 0 N–H and O–H groups in total. The van der Waals surface area contributed by atoms with Gasteiger partial charge in [-0.05, 0) is 38.8 Å². The van der Waals surface area contributed by atoms with E-state index in [9.17, 15) is 0 Å². The summed E-state index contributed by atoms with van der Waals surface area (Å²) >= 11 is 0. The largest absolute Gasteiger partial charge is 0.464 e. The molecule has 2 aromatic rings. The zero-order valence-corrected chi connectivity index (χ0v) is 12.3. The van der Waals surface area contributed by atoms with E-state index < -0.39 is 0 Å². The van der Waals surface area contributed by atoms with Gasteiger partial charge in [0.25, 0.3) is 0 Å². The average Bonchev–Trinajstić information content (AvgIpc) is 2.39. The third-order valence-electron chi connectivity index (χ3n) is 2.85. The lowest BCUT2D eigenvalue weighted by molar-refractivity contribution is 0.280. The van der Waals surface area contributed by atoms with Crippen molar-refractivity contribution in [2.75, 3.05) is 13.2 Å². The first-order valence-corrected chi connectivity index (χ1v) is 6.74. The molecule has 0 fully saturated rings. The number of hydrogen-bond donors (Lipinski definition) is 0. The summed E-state index contributed by atoms with van der Waals surface area (Å²) < 4.78 is 10.8. The molecule has 0 aliphatic rings. The highest BCUT2D eigenvalue weighted by molar-refractivity contribution is 5.64. The second-order valence-corrected chi connectivity index (χ2v) is 4.36. The Morgan fingerprint density at radius 2 is 1.35 bits per heavy atom. The maximum absolute atomic E-state index is 5.39. The van der Waals surface area contributed by atoms with Crippen molar-refractivity contribution in [3.05, 3.63) is 29.3 Å². The van der Waals surface area contributed by atoms with E-state index >= 15 is 0 Å². The molecule has 0 saturated carbocycles. The molecule has 0 saturated heterocycles. The Morgan fingerprint density at radius 3 is 1.80 bits per heavy atom. The van der Waals surface area contributed by atoms with Crippen molar-refractivity contribution in [2.45, 2.75) is 27.7 Å². The zero-order valence-electron chi connectivity index (χ0n) is 12.3. The van der Waals surface area contributed by atoms with Gasteiger partial charge in [-0.1, -0.05) is 18.2 Å². The molecule has 1 aromatic carbocycles.